The molecule has 4 heteroatoms. The first-order valence-corrected chi connectivity index (χ1v) is 5.57. The van der Waals surface area contributed by atoms with Gasteiger partial charge in [0.1, 0.15) is 0 Å². The van der Waals surface area contributed by atoms with Crippen LogP contribution < -0.4 is 0 Å². The molecule has 0 amide bonds. The molecule has 17 heavy (non-hydrogen) atoms. The smallest absolute Gasteiger partial charge is 0.211 e. The molecule has 0 aromatic rings. The van der Waals surface area contributed by atoms with Gasteiger partial charge in [-0.1, -0.05) is 19.8 Å². The van der Waals surface area contributed by atoms with Crippen molar-refractivity contribution in [3.63, 3.8) is 0 Å². The summed E-state index contributed by atoms with van der Waals surface area (Å²) >= 11 is 0. The lowest BCUT2D eigenvalue weighted by atomic mass is 9.63. The van der Waals surface area contributed by atoms with E-state index in [1.54, 1.807) is 6.08 Å². The van der Waals surface area contributed by atoms with Crippen molar-refractivity contribution in [1.29, 1.82) is 0 Å². The third-order valence-electron chi connectivity index (χ3n) is 3.04. The number of hydrogen-bond donors (Lipinski definition) is 0. The average Bonchev–Trinajstić information content (AvgIpc) is 2.15. The molecule has 2 atom stereocenters. The Hall–Kier alpha value is -1.68. The Morgan fingerprint density at radius 2 is 1.82 bits per heavy atom. The summed E-state index contributed by atoms with van der Waals surface area (Å²) in [6.07, 6.45) is 5.47. The fraction of sp³-hybridized carbons (Fsp3) is 0.692. The van der Waals surface area contributed by atoms with E-state index in [9.17, 15) is 9.59 Å². The van der Waals surface area contributed by atoms with Crippen LogP contribution in [-0.4, -0.2) is 18.2 Å². The van der Waals surface area contributed by atoms with E-state index in [2.05, 4.69) is 35.8 Å². The van der Waals surface area contributed by atoms with Crippen molar-refractivity contribution in [2.75, 3.05) is 0 Å². The molecule has 1 saturated carbocycles. The number of aliphatic imine (C=N–C) groups is 2. The first kappa shape index (κ1) is 13.4. The molecule has 1 aliphatic rings. The van der Waals surface area contributed by atoms with Crippen LogP contribution in [0.25, 0.3) is 0 Å². The molecule has 0 aromatic heterocycles. The van der Waals surface area contributed by atoms with Crippen molar-refractivity contribution in [3.05, 3.63) is 0 Å². The second-order valence-corrected chi connectivity index (χ2v) is 5.62. The highest BCUT2D eigenvalue weighted by atomic mass is 16.1. The number of carbonyl (C=O) groups excluding carboxylic acids is 2. The Kier molecular flexibility index (Phi) is 4.02. The molecule has 0 saturated heterocycles. The molecular weight excluding hydrogens is 216 g/mol. The second-order valence-electron chi connectivity index (χ2n) is 5.62. The van der Waals surface area contributed by atoms with Gasteiger partial charge < -0.3 is 0 Å². The summed E-state index contributed by atoms with van der Waals surface area (Å²) in [4.78, 5) is 27.4. The Morgan fingerprint density at radius 3 is 2.41 bits per heavy atom. The van der Waals surface area contributed by atoms with Gasteiger partial charge >= 0.3 is 0 Å². The summed E-state index contributed by atoms with van der Waals surface area (Å²) in [7, 11) is 0. The molecule has 0 aromatic carbocycles. The van der Waals surface area contributed by atoms with Crippen LogP contribution in [0, 0.1) is 22.8 Å². The van der Waals surface area contributed by atoms with Gasteiger partial charge in [-0.3, -0.25) is 0 Å². The molecule has 1 aliphatic carbocycles. The number of isocyanates is 2. The van der Waals surface area contributed by atoms with Crippen molar-refractivity contribution in [1.82, 2.24) is 0 Å². The standard InChI is InChI=1S/C13H16N2O2/c1-12(2)6-11(15-10-17)7-13(3,8-12)4-5-14-9-16/h11H,6-8H2,1-3H3. The maximum Gasteiger partial charge on any atom is 0.249 e. The lowest BCUT2D eigenvalue weighted by molar-refractivity contribution is 0.128. The van der Waals surface area contributed by atoms with Crippen molar-refractivity contribution in [2.45, 2.75) is 46.1 Å². The van der Waals surface area contributed by atoms with Gasteiger partial charge in [-0.15, -0.1) is 4.99 Å². The predicted molar refractivity (Wildman–Crippen MR) is 63.5 cm³/mol. The summed E-state index contributed by atoms with van der Waals surface area (Å²) in [5, 5.41) is 0. The van der Waals surface area contributed by atoms with Gasteiger partial charge in [0.2, 0.25) is 12.2 Å². The lowest BCUT2D eigenvalue weighted by Crippen LogP contribution is -2.36. The Labute approximate surface area is 101 Å². The Bertz CT molecular complexity index is 446. The molecule has 1 rings (SSSR count). The zero-order chi connectivity index (χ0) is 12.9. The molecule has 0 N–H and O–H groups in total. The minimum Gasteiger partial charge on any atom is -0.211 e. The maximum absolute atomic E-state index is 10.4. The fourth-order valence-electron chi connectivity index (χ4n) is 2.88. The molecule has 0 heterocycles. The molecular formula is C13H16N2O2. The van der Waals surface area contributed by atoms with Gasteiger partial charge in [-0.25, -0.2) is 14.6 Å². The van der Waals surface area contributed by atoms with E-state index in [-0.39, 0.29) is 16.9 Å². The average molecular weight is 232 g/mol. The van der Waals surface area contributed by atoms with E-state index in [4.69, 9.17) is 0 Å². The number of rotatable bonds is 1. The van der Waals surface area contributed by atoms with E-state index in [1.165, 1.54) is 6.08 Å². The van der Waals surface area contributed by atoms with Crippen LogP contribution in [0.2, 0.25) is 0 Å². The lowest BCUT2D eigenvalue weighted by Gasteiger charge is -2.42. The van der Waals surface area contributed by atoms with Crippen molar-refractivity contribution >= 4 is 12.2 Å². The topological polar surface area (TPSA) is 58.9 Å². The minimum absolute atomic E-state index is 0.0456. The zero-order valence-electron chi connectivity index (χ0n) is 10.4. The quantitative estimate of drug-likeness (QED) is 0.395. The molecule has 2 unspecified atom stereocenters. The molecule has 1 fully saturated rings. The fourth-order valence-corrected chi connectivity index (χ4v) is 2.88. The van der Waals surface area contributed by atoms with Crippen LogP contribution in [0.3, 0.4) is 0 Å². The third-order valence-corrected chi connectivity index (χ3v) is 3.04. The predicted octanol–water partition coefficient (Wildman–Crippen LogP) is 2.20. The highest BCUT2D eigenvalue weighted by Crippen LogP contribution is 2.46. The van der Waals surface area contributed by atoms with Crippen LogP contribution >= 0.6 is 0 Å². The van der Waals surface area contributed by atoms with Gasteiger partial charge in [0.15, 0.2) is 0 Å². The van der Waals surface area contributed by atoms with Crippen LogP contribution in [0.1, 0.15) is 40.0 Å². The van der Waals surface area contributed by atoms with Gasteiger partial charge in [-0.05, 0) is 31.6 Å². The first-order valence-electron chi connectivity index (χ1n) is 5.57. The van der Waals surface area contributed by atoms with Crippen LogP contribution in [0.5, 0.6) is 0 Å². The van der Waals surface area contributed by atoms with Crippen LogP contribution in [0.4, 0.5) is 0 Å². The third kappa shape index (κ3) is 4.00. The van der Waals surface area contributed by atoms with Gasteiger partial charge in [0, 0.05) is 11.5 Å². The van der Waals surface area contributed by atoms with E-state index < -0.39 is 0 Å². The highest BCUT2D eigenvalue weighted by Gasteiger charge is 2.40. The first-order chi connectivity index (χ1) is 7.91. The Balaban J connectivity index is 2.96. The van der Waals surface area contributed by atoms with E-state index in [0.29, 0.717) is 6.42 Å². The van der Waals surface area contributed by atoms with E-state index in [0.717, 1.165) is 12.8 Å². The van der Waals surface area contributed by atoms with Crippen molar-refractivity contribution in [2.24, 2.45) is 20.8 Å². The molecule has 0 spiro atoms. The van der Waals surface area contributed by atoms with Gasteiger partial charge in [0.25, 0.3) is 0 Å². The summed E-state index contributed by atoms with van der Waals surface area (Å²) in [6, 6.07) is 2.41. The zero-order valence-corrected chi connectivity index (χ0v) is 10.4. The van der Waals surface area contributed by atoms with E-state index in [1.807, 2.05) is 6.92 Å². The maximum atomic E-state index is 10.4. The Morgan fingerprint density at radius 1 is 1.12 bits per heavy atom. The summed E-state index contributed by atoms with van der Waals surface area (Å²) < 4.78 is 0. The molecule has 4 nitrogen and oxygen atoms in total. The largest absolute Gasteiger partial charge is 0.249 e. The molecule has 0 aliphatic heterocycles. The van der Waals surface area contributed by atoms with Gasteiger partial charge in [-0.2, -0.15) is 0 Å². The van der Waals surface area contributed by atoms with E-state index >= 15 is 0 Å². The highest BCUT2D eigenvalue weighted by molar-refractivity contribution is 5.37. The number of hydrogen-bond acceptors (Lipinski definition) is 4. The monoisotopic (exact) mass is 232 g/mol. The summed E-state index contributed by atoms with van der Waals surface area (Å²) in [6.45, 7) is 6.26. The van der Waals surface area contributed by atoms with Crippen LogP contribution in [-0.2, 0) is 9.59 Å². The SMILES string of the molecule is CC1(C)CC(N=C=O)CC(C)(C#CN=C=O)C1. The molecule has 0 bridgehead atoms. The normalized spacial score (nSPS) is 30.2. The van der Waals surface area contributed by atoms with Crippen molar-refractivity contribution < 1.29 is 9.59 Å². The molecule has 0 radical (unpaired) electrons. The second kappa shape index (κ2) is 5.10. The summed E-state index contributed by atoms with van der Waals surface area (Å²) in [5.74, 6) is 2.97. The molecule has 90 valence electrons. The van der Waals surface area contributed by atoms with Crippen LogP contribution in [0.15, 0.2) is 9.98 Å². The van der Waals surface area contributed by atoms with Gasteiger partial charge in [0.05, 0.1) is 6.04 Å². The minimum atomic E-state index is -0.271. The number of nitrogens with zero attached hydrogens (tertiary/aromatic N) is 2. The summed E-state index contributed by atoms with van der Waals surface area (Å²) in [5.41, 5.74) is -0.204. The van der Waals surface area contributed by atoms with Crippen molar-refractivity contribution in [3.8, 4) is 12.0 Å².